The summed E-state index contributed by atoms with van der Waals surface area (Å²) < 4.78 is 38.6. The summed E-state index contributed by atoms with van der Waals surface area (Å²) in [7, 11) is 0. The van der Waals surface area contributed by atoms with Gasteiger partial charge in [-0.05, 0) is 18.9 Å². The van der Waals surface area contributed by atoms with Crippen molar-refractivity contribution in [2.75, 3.05) is 23.7 Å². The first-order valence-corrected chi connectivity index (χ1v) is 6.33. The first-order valence-electron chi connectivity index (χ1n) is 6.33. The van der Waals surface area contributed by atoms with Gasteiger partial charge in [0.2, 0.25) is 11.9 Å². The second-order valence-electron chi connectivity index (χ2n) is 4.63. The number of nitrogens with zero attached hydrogens (tertiary/aromatic N) is 6. The molecular formula is C11H12F3N7. The van der Waals surface area contributed by atoms with E-state index in [0.717, 1.165) is 42.9 Å². The molecule has 0 aliphatic carbocycles. The minimum absolute atomic E-state index is 0.0279. The topological polar surface area (TPSA) is 85.8 Å². The van der Waals surface area contributed by atoms with Crippen molar-refractivity contribution in [1.82, 2.24) is 24.7 Å². The molecule has 0 amide bonds. The fourth-order valence-corrected chi connectivity index (χ4v) is 2.12. The first kappa shape index (κ1) is 13.6. The third-order valence-electron chi connectivity index (χ3n) is 3.10. The van der Waals surface area contributed by atoms with Crippen LogP contribution in [0.5, 0.6) is 0 Å². The fraction of sp³-hybridized carbons (Fsp3) is 0.455. The summed E-state index contributed by atoms with van der Waals surface area (Å²) in [5.74, 6) is 0.282. The lowest BCUT2D eigenvalue weighted by Gasteiger charge is -2.15. The molecule has 3 rings (SSSR count). The van der Waals surface area contributed by atoms with E-state index in [1.165, 1.54) is 0 Å². The summed E-state index contributed by atoms with van der Waals surface area (Å²) >= 11 is 0. The first-order chi connectivity index (χ1) is 9.93. The predicted octanol–water partition coefficient (Wildman–Crippen LogP) is 1.26. The van der Waals surface area contributed by atoms with E-state index < -0.39 is 11.9 Å². The molecule has 0 spiro atoms. The Morgan fingerprint density at radius 1 is 1.05 bits per heavy atom. The smallest absolute Gasteiger partial charge is 0.368 e. The van der Waals surface area contributed by atoms with Gasteiger partial charge in [-0.15, -0.1) is 0 Å². The molecule has 1 aliphatic rings. The molecule has 0 atom stereocenters. The minimum Gasteiger partial charge on any atom is -0.368 e. The Morgan fingerprint density at radius 2 is 1.71 bits per heavy atom. The van der Waals surface area contributed by atoms with Crippen molar-refractivity contribution < 1.29 is 13.2 Å². The molecule has 0 unspecified atom stereocenters. The summed E-state index contributed by atoms with van der Waals surface area (Å²) in [6.45, 7) is 1.58. The van der Waals surface area contributed by atoms with Gasteiger partial charge in [0.25, 0.3) is 5.95 Å². The highest BCUT2D eigenvalue weighted by molar-refractivity contribution is 5.38. The Labute approximate surface area is 117 Å². The van der Waals surface area contributed by atoms with Crippen molar-refractivity contribution in [1.29, 1.82) is 0 Å². The Morgan fingerprint density at radius 3 is 2.33 bits per heavy atom. The van der Waals surface area contributed by atoms with Gasteiger partial charge in [0.05, 0.1) is 0 Å². The van der Waals surface area contributed by atoms with E-state index in [1.807, 2.05) is 4.90 Å². The van der Waals surface area contributed by atoms with Crippen LogP contribution < -0.4 is 10.6 Å². The predicted molar refractivity (Wildman–Crippen MR) is 67.8 cm³/mol. The van der Waals surface area contributed by atoms with Crippen molar-refractivity contribution in [3.8, 4) is 5.95 Å². The molecule has 1 aliphatic heterocycles. The zero-order chi connectivity index (χ0) is 15.0. The fourth-order valence-electron chi connectivity index (χ4n) is 2.12. The van der Waals surface area contributed by atoms with Crippen LogP contribution in [0.2, 0.25) is 0 Å². The van der Waals surface area contributed by atoms with Crippen LogP contribution in [0.3, 0.4) is 0 Å². The molecule has 10 heteroatoms. The van der Waals surface area contributed by atoms with Gasteiger partial charge in [0.15, 0.2) is 5.69 Å². The lowest BCUT2D eigenvalue weighted by Crippen LogP contribution is -2.22. The van der Waals surface area contributed by atoms with Crippen LogP contribution in [0.4, 0.5) is 25.1 Å². The number of alkyl halides is 3. The number of nitrogens with two attached hydrogens (primary N) is 1. The van der Waals surface area contributed by atoms with Gasteiger partial charge in [-0.2, -0.15) is 33.2 Å². The highest BCUT2D eigenvalue weighted by Gasteiger charge is 2.34. The van der Waals surface area contributed by atoms with Crippen molar-refractivity contribution >= 4 is 11.9 Å². The number of hydrogen-bond acceptors (Lipinski definition) is 6. The highest BCUT2D eigenvalue weighted by atomic mass is 19.4. The monoisotopic (exact) mass is 299 g/mol. The Balaban J connectivity index is 1.96. The van der Waals surface area contributed by atoms with Gasteiger partial charge in [-0.3, -0.25) is 0 Å². The maximum Gasteiger partial charge on any atom is 0.435 e. The maximum absolute atomic E-state index is 12.6. The lowest BCUT2D eigenvalue weighted by atomic mass is 10.4. The van der Waals surface area contributed by atoms with Crippen LogP contribution in [0.25, 0.3) is 5.95 Å². The van der Waals surface area contributed by atoms with E-state index in [0.29, 0.717) is 5.95 Å². The third-order valence-corrected chi connectivity index (χ3v) is 3.10. The molecule has 0 saturated carbocycles. The van der Waals surface area contributed by atoms with Crippen LogP contribution in [0.15, 0.2) is 12.3 Å². The van der Waals surface area contributed by atoms with E-state index in [1.54, 1.807) is 0 Å². The third kappa shape index (κ3) is 2.73. The van der Waals surface area contributed by atoms with E-state index in [2.05, 4.69) is 20.1 Å². The zero-order valence-corrected chi connectivity index (χ0v) is 10.9. The summed E-state index contributed by atoms with van der Waals surface area (Å²) in [6, 6.07) is 0.857. The van der Waals surface area contributed by atoms with E-state index in [-0.39, 0.29) is 11.9 Å². The minimum atomic E-state index is -4.51. The van der Waals surface area contributed by atoms with Crippen molar-refractivity contribution in [3.05, 3.63) is 18.0 Å². The summed E-state index contributed by atoms with van der Waals surface area (Å²) in [5, 5.41) is 3.43. The molecule has 2 aromatic rings. The second kappa shape index (κ2) is 4.86. The molecule has 0 aromatic carbocycles. The normalized spacial score (nSPS) is 15.7. The Kier molecular flexibility index (Phi) is 3.15. The molecule has 2 N–H and O–H groups in total. The number of halogens is 3. The zero-order valence-electron chi connectivity index (χ0n) is 10.9. The number of anilines is 2. The van der Waals surface area contributed by atoms with Crippen LogP contribution in [0.1, 0.15) is 18.5 Å². The van der Waals surface area contributed by atoms with E-state index in [9.17, 15) is 13.2 Å². The molecule has 3 heterocycles. The van der Waals surface area contributed by atoms with Crippen molar-refractivity contribution in [3.63, 3.8) is 0 Å². The standard InChI is InChI=1S/C11H12F3N7/c12-11(13,14)7-3-6-21(19-7)10-17-8(15)16-9(18-10)20-4-1-2-5-20/h3,6H,1-2,4-5H2,(H2,15,16,17,18). The molecule has 2 aromatic heterocycles. The second-order valence-corrected chi connectivity index (χ2v) is 4.63. The number of rotatable bonds is 2. The summed E-state index contributed by atoms with van der Waals surface area (Å²) in [5.41, 5.74) is 4.59. The molecule has 0 bridgehead atoms. The van der Waals surface area contributed by atoms with Crippen LogP contribution in [-0.2, 0) is 6.18 Å². The van der Waals surface area contributed by atoms with Crippen LogP contribution in [0, 0.1) is 0 Å². The van der Waals surface area contributed by atoms with Gasteiger partial charge >= 0.3 is 6.18 Å². The van der Waals surface area contributed by atoms with Gasteiger partial charge in [0, 0.05) is 19.3 Å². The van der Waals surface area contributed by atoms with Gasteiger partial charge in [0.1, 0.15) is 0 Å². The summed E-state index contributed by atoms with van der Waals surface area (Å²) in [4.78, 5) is 13.9. The maximum atomic E-state index is 12.6. The van der Waals surface area contributed by atoms with Gasteiger partial charge < -0.3 is 10.6 Å². The molecule has 1 saturated heterocycles. The van der Waals surface area contributed by atoms with Crippen LogP contribution in [-0.4, -0.2) is 37.8 Å². The van der Waals surface area contributed by atoms with Crippen molar-refractivity contribution in [2.45, 2.75) is 19.0 Å². The van der Waals surface area contributed by atoms with Crippen LogP contribution >= 0.6 is 0 Å². The molecule has 0 radical (unpaired) electrons. The molecule has 21 heavy (non-hydrogen) atoms. The van der Waals surface area contributed by atoms with Gasteiger partial charge in [-0.25, -0.2) is 4.68 Å². The van der Waals surface area contributed by atoms with E-state index in [4.69, 9.17) is 5.73 Å². The molecule has 7 nitrogen and oxygen atoms in total. The summed E-state index contributed by atoms with van der Waals surface area (Å²) in [6.07, 6.45) is -1.34. The largest absolute Gasteiger partial charge is 0.435 e. The number of aromatic nitrogens is 5. The molecule has 112 valence electrons. The van der Waals surface area contributed by atoms with Crippen molar-refractivity contribution in [2.24, 2.45) is 0 Å². The number of hydrogen-bond donors (Lipinski definition) is 1. The average Bonchev–Trinajstić information content (AvgIpc) is 3.09. The number of nitrogen functional groups attached to an aromatic ring is 1. The lowest BCUT2D eigenvalue weighted by molar-refractivity contribution is -0.141. The molecular weight excluding hydrogens is 287 g/mol. The quantitative estimate of drug-likeness (QED) is 0.898. The average molecular weight is 299 g/mol. The molecule has 1 fully saturated rings. The Hall–Kier alpha value is -2.39. The SMILES string of the molecule is Nc1nc(N2CCCC2)nc(-n2ccc(C(F)(F)F)n2)n1. The van der Waals surface area contributed by atoms with Gasteiger partial charge in [-0.1, -0.05) is 0 Å². The van der Waals surface area contributed by atoms with E-state index >= 15 is 0 Å². The Bertz CT molecular complexity index is 646. The highest BCUT2D eigenvalue weighted by Crippen LogP contribution is 2.27.